The highest BCUT2D eigenvalue weighted by Crippen LogP contribution is 2.47. The Morgan fingerprint density at radius 1 is 1.31 bits per heavy atom. The van der Waals surface area contributed by atoms with Gasteiger partial charge < -0.3 is 25.7 Å². The molecule has 4 heterocycles. The first kappa shape index (κ1) is 20.4. The Morgan fingerprint density at radius 3 is 2.83 bits per heavy atom. The number of nitrogen functional groups attached to an aromatic ring is 1. The molecule has 3 atom stereocenters. The summed E-state index contributed by atoms with van der Waals surface area (Å²) >= 11 is 0. The third kappa shape index (κ3) is 3.59. The molecule has 0 aromatic carbocycles. The van der Waals surface area contributed by atoms with Crippen molar-refractivity contribution < 1.29 is 14.2 Å². The number of fused-ring (bicyclic) bond motifs is 2. The molecule has 2 aromatic rings. The first-order chi connectivity index (χ1) is 13.8. The lowest BCUT2D eigenvalue weighted by Crippen LogP contribution is -2.47. The zero-order valence-electron chi connectivity index (χ0n) is 17.5. The predicted molar refractivity (Wildman–Crippen MR) is 108 cm³/mol. The van der Waals surface area contributed by atoms with Crippen LogP contribution in [0.4, 0.5) is 5.82 Å². The summed E-state index contributed by atoms with van der Waals surface area (Å²) in [5.41, 5.74) is 12.1. The van der Waals surface area contributed by atoms with Crippen molar-refractivity contribution in [2.24, 2.45) is 11.7 Å². The highest BCUT2D eigenvalue weighted by molar-refractivity contribution is 5.81. The highest BCUT2D eigenvalue weighted by Gasteiger charge is 2.63. The van der Waals surface area contributed by atoms with Crippen molar-refractivity contribution in [2.75, 3.05) is 38.5 Å². The third-order valence-electron chi connectivity index (χ3n) is 5.40. The molecular weight excluding hydrogens is 374 g/mol. The number of aromatic nitrogens is 4. The molecule has 0 spiro atoms. The summed E-state index contributed by atoms with van der Waals surface area (Å²) < 4.78 is 20.9. The molecule has 4 N–H and O–H groups in total. The molecule has 2 saturated heterocycles. The van der Waals surface area contributed by atoms with E-state index in [1.165, 1.54) is 6.33 Å². The van der Waals surface area contributed by atoms with Gasteiger partial charge in [0.25, 0.3) is 0 Å². The fourth-order valence-corrected chi connectivity index (χ4v) is 4.44. The van der Waals surface area contributed by atoms with Crippen molar-refractivity contribution in [2.45, 2.75) is 51.4 Å². The van der Waals surface area contributed by atoms with Crippen molar-refractivity contribution in [1.82, 2.24) is 24.4 Å². The number of nitrogens with zero attached hydrogens (tertiary/aromatic N) is 5. The number of ether oxygens (including phenoxy) is 3. The Morgan fingerprint density at radius 2 is 2.10 bits per heavy atom. The molecule has 0 radical (unpaired) electrons. The number of anilines is 1. The molecular formula is C19H31N7O3. The van der Waals surface area contributed by atoms with Crippen LogP contribution in [-0.2, 0) is 19.9 Å². The van der Waals surface area contributed by atoms with Crippen LogP contribution < -0.4 is 11.5 Å². The summed E-state index contributed by atoms with van der Waals surface area (Å²) in [7, 11) is 0. The van der Waals surface area contributed by atoms with Crippen molar-refractivity contribution in [1.29, 1.82) is 0 Å². The van der Waals surface area contributed by atoms with E-state index in [1.807, 2.05) is 18.4 Å². The van der Waals surface area contributed by atoms with E-state index in [2.05, 4.69) is 33.7 Å². The molecule has 2 fully saturated rings. The number of hydrogen-bond acceptors (Lipinski definition) is 9. The van der Waals surface area contributed by atoms with Gasteiger partial charge in [0.1, 0.15) is 24.1 Å². The minimum absolute atomic E-state index is 0.168. The summed E-state index contributed by atoms with van der Waals surface area (Å²) in [4.78, 5) is 15.2. The normalized spacial score (nSPS) is 28.7. The topological polar surface area (TPSA) is 127 Å². The monoisotopic (exact) mass is 405 g/mol. The van der Waals surface area contributed by atoms with Crippen LogP contribution in [-0.4, -0.2) is 75.2 Å². The molecule has 0 bridgehead atoms. The van der Waals surface area contributed by atoms with E-state index in [0.717, 1.165) is 13.1 Å². The summed E-state index contributed by atoms with van der Waals surface area (Å²) in [5, 5.41) is 0. The minimum atomic E-state index is -0.865. The van der Waals surface area contributed by atoms with Crippen molar-refractivity contribution >= 4 is 17.0 Å². The lowest BCUT2D eigenvalue weighted by molar-refractivity contribution is -0.205. The quantitative estimate of drug-likeness (QED) is 0.678. The van der Waals surface area contributed by atoms with Gasteiger partial charge in [0, 0.05) is 26.2 Å². The van der Waals surface area contributed by atoms with Crippen LogP contribution in [0.1, 0.15) is 27.7 Å². The predicted octanol–water partition coefficient (Wildman–Crippen LogP) is 0.528. The van der Waals surface area contributed by atoms with Gasteiger partial charge >= 0.3 is 0 Å². The van der Waals surface area contributed by atoms with E-state index in [-0.39, 0.29) is 12.2 Å². The van der Waals surface area contributed by atoms with Gasteiger partial charge in [-0.2, -0.15) is 0 Å². The zero-order chi connectivity index (χ0) is 20.8. The Hall–Kier alpha value is -1.85. The van der Waals surface area contributed by atoms with Gasteiger partial charge in [-0.3, -0.25) is 9.47 Å². The Balaban J connectivity index is 1.68. The van der Waals surface area contributed by atoms with Crippen LogP contribution in [0.5, 0.6) is 0 Å². The maximum absolute atomic E-state index is 6.44. The molecule has 29 heavy (non-hydrogen) atoms. The Kier molecular flexibility index (Phi) is 5.24. The molecule has 0 amide bonds. The lowest BCUT2D eigenvalue weighted by Gasteiger charge is -2.30. The van der Waals surface area contributed by atoms with Crippen LogP contribution in [0.15, 0.2) is 12.7 Å². The largest absolute Gasteiger partial charge is 0.382 e. The van der Waals surface area contributed by atoms with Gasteiger partial charge in [-0.25, -0.2) is 15.0 Å². The van der Waals surface area contributed by atoms with Crippen LogP contribution in [0, 0.1) is 5.92 Å². The average Bonchev–Trinajstić information content (AvgIpc) is 3.26. The molecule has 0 saturated carbocycles. The molecule has 4 rings (SSSR count). The van der Waals surface area contributed by atoms with Gasteiger partial charge in [-0.15, -0.1) is 0 Å². The van der Waals surface area contributed by atoms with E-state index in [9.17, 15) is 0 Å². The minimum Gasteiger partial charge on any atom is -0.382 e. The molecule has 10 nitrogen and oxygen atoms in total. The lowest BCUT2D eigenvalue weighted by atomic mass is 10.0. The standard InChI is InChI=1S/C19H31N7O3/c1-12(2)7-25(6-5-20)8-13-15-19(9-27-13,29-18(3,4)28-15)26-11-24-14-16(21)22-10-23-17(14)26/h10-13,15H,5-9,20H2,1-4H3,(H2,21,22,23)/t13-,15-,19-/m1/s1. The van der Waals surface area contributed by atoms with E-state index in [0.29, 0.717) is 42.6 Å². The number of hydrogen-bond donors (Lipinski definition) is 2. The van der Waals surface area contributed by atoms with Gasteiger partial charge in [-0.05, 0) is 19.8 Å². The van der Waals surface area contributed by atoms with Crippen LogP contribution in [0.2, 0.25) is 0 Å². The Labute approximate surface area is 170 Å². The maximum atomic E-state index is 6.44. The Bertz CT molecular complexity index is 871. The summed E-state index contributed by atoms with van der Waals surface area (Å²) in [5.74, 6) is 0.0991. The second kappa shape index (κ2) is 7.44. The molecule has 0 unspecified atom stereocenters. The molecule has 2 aromatic heterocycles. The maximum Gasteiger partial charge on any atom is 0.203 e. The molecule has 2 aliphatic rings. The summed E-state index contributed by atoms with van der Waals surface area (Å²) in [6.07, 6.45) is 2.63. The SMILES string of the molecule is CC(C)CN(CCN)C[C@H]1OC[C@@]2(n3cnc4c(N)ncnc43)OC(C)(C)O[C@H]12. The van der Waals surface area contributed by atoms with Crippen molar-refractivity contribution in [3.63, 3.8) is 0 Å². The fraction of sp³-hybridized carbons (Fsp3) is 0.737. The first-order valence-corrected chi connectivity index (χ1v) is 10.1. The van der Waals surface area contributed by atoms with Gasteiger partial charge in [0.05, 0.1) is 12.9 Å². The molecule has 2 aliphatic heterocycles. The van der Waals surface area contributed by atoms with Crippen molar-refractivity contribution in [3.8, 4) is 0 Å². The average molecular weight is 406 g/mol. The van der Waals surface area contributed by atoms with Gasteiger partial charge in [0.2, 0.25) is 5.72 Å². The van der Waals surface area contributed by atoms with Gasteiger partial charge in [0.15, 0.2) is 17.3 Å². The van der Waals surface area contributed by atoms with Crippen LogP contribution in [0.3, 0.4) is 0 Å². The summed E-state index contributed by atoms with van der Waals surface area (Å²) in [6.45, 7) is 11.6. The number of imidazole rings is 1. The second-order valence-electron chi connectivity index (χ2n) is 8.72. The van der Waals surface area contributed by atoms with E-state index < -0.39 is 11.5 Å². The second-order valence-corrected chi connectivity index (χ2v) is 8.72. The third-order valence-corrected chi connectivity index (χ3v) is 5.40. The highest BCUT2D eigenvalue weighted by atomic mass is 16.8. The molecule has 10 heteroatoms. The number of nitrogens with two attached hydrogens (primary N) is 2. The smallest absolute Gasteiger partial charge is 0.203 e. The number of rotatable bonds is 7. The van der Waals surface area contributed by atoms with E-state index in [1.54, 1.807) is 6.33 Å². The fourth-order valence-electron chi connectivity index (χ4n) is 4.44. The first-order valence-electron chi connectivity index (χ1n) is 10.1. The van der Waals surface area contributed by atoms with Crippen LogP contribution in [0.25, 0.3) is 11.2 Å². The van der Waals surface area contributed by atoms with E-state index >= 15 is 0 Å². The van der Waals surface area contributed by atoms with E-state index in [4.69, 9.17) is 25.7 Å². The van der Waals surface area contributed by atoms with Gasteiger partial charge in [-0.1, -0.05) is 13.8 Å². The van der Waals surface area contributed by atoms with Crippen LogP contribution >= 0.6 is 0 Å². The molecule has 160 valence electrons. The zero-order valence-corrected chi connectivity index (χ0v) is 17.5. The summed E-state index contributed by atoms with van der Waals surface area (Å²) in [6, 6.07) is 0. The van der Waals surface area contributed by atoms with Crippen molar-refractivity contribution in [3.05, 3.63) is 12.7 Å². The molecule has 0 aliphatic carbocycles.